The average molecular weight is 436 g/mol. The van der Waals surface area contributed by atoms with Crippen molar-refractivity contribution in [2.75, 3.05) is 23.3 Å². The Morgan fingerprint density at radius 1 is 1.10 bits per heavy atom. The summed E-state index contributed by atoms with van der Waals surface area (Å²) >= 11 is 6.12. The smallest absolute Gasteiger partial charge is 0.272 e. The van der Waals surface area contributed by atoms with Gasteiger partial charge in [-0.3, -0.25) is 4.79 Å². The van der Waals surface area contributed by atoms with Gasteiger partial charge in [0.15, 0.2) is 0 Å². The number of nitrogens with one attached hydrogen (secondary N) is 1. The van der Waals surface area contributed by atoms with E-state index in [1.807, 2.05) is 30.3 Å². The molecule has 1 aromatic carbocycles. The van der Waals surface area contributed by atoms with Gasteiger partial charge in [0.1, 0.15) is 23.0 Å². The van der Waals surface area contributed by atoms with Gasteiger partial charge in [-0.05, 0) is 48.4 Å². The summed E-state index contributed by atoms with van der Waals surface area (Å²) in [5.41, 5.74) is 2.40. The summed E-state index contributed by atoms with van der Waals surface area (Å²) in [5, 5.41) is 4.04. The number of pyridine rings is 2. The Balaban J connectivity index is 1.46. The lowest BCUT2D eigenvalue weighted by molar-refractivity contribution is 0.101. The Bertz CT molecular complexity index is 1270. The molecule has 6 nitrogen and oxygen atoms in total. The van der Waals surface area contributed by atoms with E-state index in [1.165, 1.54) is 12.5 Å². The summed E-state index contributed by atoms with van der Waals surface area (Å²) in [4.78, 5) is 23.9. The molecule has 4 heterocycles. The zero-order valence-electron chi connectivity index (χ0n) is 16.6. The van der Waals surface area contributed by atoms with Gasteiger partial charge in [0.25, 0.3) is 5.91 Å². The lowest BCUT2D eigenvalue weighted by atomic mass is 10.2. The second-order valence-corrected chi connectivity index (χ2v) is 7.95. The molecule has 1 aliphatic rings. The molecule has 3 aromatic heterocycles. The van der Waals surface area contributed by atoms with Crippen LogP contribution in [0, 0.1) is 5.82 Å². The maximum atomic E-state index is 13.7. The van der Waals surface area contributed by atoms with Crippen LogP contribution in [0.3, 0.4) is 0 Å². The molecule has 0 aliphatic carbocycles. The first kappa shape index (κ1) is 19.5. The molecule has 0 unspecified atom stereocenters. The molecule has 0 atom stereocenters. The highest BCUT2D eigenvalue weighted by atomic mass is 35.5. The lowest BCUT2D eigenvalue weighted by Crippen LogP contribution is -2.37. The average Bonchev–Trinajstić information content (AvgIpc) is 3.05. The highest BCUT2D eigenvalue weighted by Gasteiger charge is 2.19. The summed E-state index contributed by atoms with van der Waals surface area (Å²) < 4.78 is 15.5. The molecular formula is C23H19ClFN5O. The SMILES string of the molecule is O=C(Nc1ccc(N2CCC2)nc1)c1cc2cc(F)cnc2n1Cc1cccc(Cl)c1. The van der Waals surface area contributed by atoms with E-state index in [1.54, 1.807) is 22.9 Å². The van der Waals surface area contributed by atoms with Crippen LogP contribution in [0.4, 0.5) is 15.9 Å². The maximum Gasteiger partial charge on any atom is 0.272 e. The third-order valence-corrected chi connectivity index (χ3v) is 5.58. The summed E-state index contributed by atoms with van der Waals surface area (Å²) in [6.45, 7) is 2.38. The Morgan fingerprint density at radius 3 is 2.68 bits per heavy atom. The number of fused-ring (bicyclic) bond motifs is 1. The Morgan fingerprint density at radius 2 is 1.97 bits per heavy atom. The zero-order chi connectivity index (χ0) is 21.4. The van der Waals surface area contributed by atoms with E-state index >= 15 is 0 Å². The fraction of sp³-hybridized carbons (Fsp3) is 0.174. The number of aromatic nitrogens is 3. The zero-order valence-corrected chi connectivity index (χ0v) is 17.3. The van der Waals surface area contributed by atoms with Crippen molar-refractivity contribution in [3.63, 3.8) is 0 Å². The quantitative estimate of drug-likeness (QED) is 0.492. The van der Waals surface area contributed by atoms with E-state index in [-0.39, 0.29) is 5.91 Å². The van der Waals surface area contributed by atoms with Crippen molar-refractivity contribution < 1.29 is 9.18 Å². The van der Waals surface area contributed by atoms with Crippen LogP contribution in [0.5, 0.6) is 0 Å². The van der Waals surface area contributed by atoms with Crippen LogP contribution in [0.2, 0.25) is 5.02 Å². The number of carbonyl (C=O) groups is 1. The highest BCUT2D eigenvalue weighted by Crippen LogP contribution is 2.24. The second kappa shape index (κ2) is 8.00. The molecule has 0 spiro atoms. The summed E-state index contributed by atoms with van der Waals surface area (Å²) in [7, 11) is 0. The van der Waals surface area contributed by atoms with Crippen LogP contribution in [0.25, 0.3) is 11.0 Å². The van der Waals surface area contributed by atoms with Crippen LogP contribution in [0.1, 0.15) is 22.5 Å². The molecule has 0 saturated carbocycles. The molecule has 8 heteroatoms. The molecule has 0 bridgehead atoms. The molecule has 5 rings (SSSR count). The van der Waals surface area contributed by atoms with Crippen LogP contribution in [-0.4, -0.2) is 33.5 Å². The van der Waals surface area contributed by atoms with Gasteiger partial charge in [-0.15, -0.1) is 0 Å². The molecule has 4 aromatic rings. The van der Waals surface area contributed by atoms with Crippen molar-refractivity contribution in [2.24, 2.45) is 0 Å². The monoisotopic (exact) mass is 435 g/mol. The molecule has 156 valence electrons. The van der Waals surface area contributed by atoms with Crippen molar-refractivity contribution in [1.82, 2.24) is 14.5 Å². The van der Waals surface area contributed by atoms with Crippen LogP contribution in [0.15, 0.2) is 60.9 Å². The topological polar surface area (TPSA) is 63.1 Å². The summed E-state index contributed by atoms with van der Waals surface area (Å²) in [6.07, 6.45) is 3.97. The molecular weight excluding hydrogens is 417 g/mol. The van der Waals surface area contributed by atoms with Gasteiger partial charge in [0, 0.05) is 30.0 Å². The number of hydrogen-bond donors (Lipinski definition) is 1. The number of hydrogen-bond acceptors (Lipinski definition) is 4. The van der Waals surface area contributed by atoms with Crippen LogP contribution in [-0.2, 0) is 6.54 Å². The molecule has 1 fully saturated rings. The van der Waals surface area contributed by atoms with E-state index in [9.17, 15) is 9.18 Å². The lowest BCUT2D eigenvalue weighted by Gasteiger charge is -2.31. The van der Waals surface area contributed by atoms with Gasteiger partial charge in [-0.2, -0.15) is 0 Å². The summed E-state index contributed by atoms with van der Waals surface area (Å²) in [6, 6.07) is 14.1. The van der Waals surface area contributed by atoms with Crippen LogP contribution < -0.4 is 10.2 Å². The molecule has 1 saturated heterocycles. The van der Waals surface area contributed by atoms with Gasteiger partial charge >= 0.3 is 0 Å². The number of carbonyl (C=O) groups excluding carboxylic acids is 1. The Kier molecular flexibility index (Phi) is 5.03. The highest BCUT2D eigenvalue weighted by molar-refractivity contribution is 6.30. The van der Waals surface area contributed by atoms with E-state index in [0.29, 0.717) is 34.0 Å². The van der Waals surface area contributed by atoms with Gasteiger partial charge < -0.3 is 14.8 Å². The summed E-state index contributed by atoms with van der Waals surface area (Å²) in [5.74, 6) is 0.128. The molecule has 1 amide bonds. The molecule has 1 aliphatic heterocycles. The minimum Gasteiger partial charge on any atom is -0.356 e. The second-order valence-electron chi connectivity index (χ2n) is 7.51. The van der Waals surface area contributed by atoms with Crippen molar-refractivity contribution >= 4 is 40.0 Å². The van der Waals surface area contributed by atoms with Crippen molar-refractivity contribution in [3.05, 3.63) is 83.0 Å². The Hall–Kier alpha value is -3.45. The van der Waals surface area contributed by atoms with Crippen LogP contribution >= 0.6 is 11.6 Å². The van der Waals surface area contributed by atoms with Crippen molar-refractivity contribution in [3.8, 4) is 0 Å². The fourth-order valence-corrected chi connectivity index (χ4v) is 3.89. The minimum absolute atomic E-state index is 0.320. The van der Waals surface area contributed by atoms with Gasteiger partial charge in [0.05, 0.1) is 18.1 Å². The molecule has 31 heavy (non-hydrogen) atoms. The third kappa shape index (κ3) is 3.96. The number of nitrogens with zero attached hydrogens (tertiary/aromatic N) is 4. The van der Waals surface area contributed by atoms with E-state index < -0.39 is 5.82 Å². The van der Waals surface area contributed by atoms with E-state index in [4.69, 9.17) is 11.6 Å². The van der Waals surface area contributed by atoms with E-state index in [2.05, 4.69) is 20.2 Å². The standard InChI is InChI=1S/C23H19ClFN5O/c24-17-4-1-3-15(9-17)14-30-20(11-16-10-18(25)12-27-22(16)30)23(31)28-19-5-6-21(26-13-19)29-7-2-8-29/h1,3-6,9-13H,2,7-8,14H2,(H,28,31). The predicted molar refractivity (Wildman–Crippen MR) is 119 cm³/mol. The number of benzene rings is 1. The van der Waals surface area contributed by atoms with Gasteiger partial charge in [-0.1, -0.05) is 23.7 Å². The van der Waals surface area contributed by atoms with Crippen molar-refractivity contribution in [2.45, 2.75) is 13.0 Å². The van der Waals surface area contributed by atoms with Crippen molar-refractivity contribution in [1.29, 1.82) is 0 Å². The van der Waals surface area contributed by atoms with E-state index in [0.717, 1.165) is 30.7 Å². The number of amides is 1. The Labute approximate surface area is 183 Å². The number of anilines is 2. The molecule has 1 N–H and O–H groups in total. The normalized spacial score (nSPS) is 13.3. The van der Waals surface area contributed by atoms with Gasteiger partial charge in [-0.25, -0.2) is 14.4 Å². The first-order chi connectivity index (χ1) is 15.1. The number of rotatable bonds is 5. The predicted octanol–water partition coefficient (Wildman–Crippen LogP) is 4.73. The first-order valence-corrected chi connectivity index (χ1v) is 10.4. The fourth-order valence-electron chi connectivity index (χ4n) is 3.67. The third-order valence-electron chi connectivity index (χ3n) is 5.35. The minimum atomic E-state index is -0.454. The largest absolute Gasteiger partial charge is 0.356 e. The van der Waals surface area contributed by atoms with Gasteiger partial charge in [0.2, 0.25) is 0 Å². The maximum absolute atomic E-state index is 13.7. The molecule has 0 radical (unpaired) electrons. The number of halogens is 2. The first-order valence-electron chi connectivity index (χ1n) is 9.98.